The first-order chi connectivity index (χ1) is 8.48. The zero-order chi connectivity index (χ0) is 13.2. The molecule has 8 nitrogen and oxygen atoms in total. The fourth-order valence-corrected chi connectivity index (χ4v) is 1.19. The minimum absolute atomic E-state index is 0.243. The lowest BCUT2D eigenvalue weighted by molar-refractivity contribution is 0.116. The number of hydrogen-bond donors (Lipinski definition) is 1. The van der Waals surface area contributed by atoms with Gasteiger partial charge in [0.05, 0.1) is 0 Å². The third kappa shape index (κ3) is 2.90. The van der Waals surface area contributed by atoms with Gasteiger partial charge in [-0.15, -0.1) is 0 Å². The molecule has 2 heterocycles. The van der Waals surface area contributed by atoms with Crippen LogP contribution in [-0.4, -0.2) is 42.4 Å². The van der Waals surface area contributed by atoms with E-state index in [1.54, 1.807) is 7.05 Å². The molecule has 0 atom stereocenters. The zero-order valence-corrected chi connectivity index (χ0v) is 10.7. The lowest BCUT2D eigenvalue weighted by atomic mass is 10.2. The summed E-state index contributed by atoms with van der Waals surface area (Å²) in [5, 5.41) is 6.82. The second-order valence-electron chi connectivity index (χ2n) is 4.55. The van der Waals surface area contributed by atoms with Crippen molar-refractivity contribution in [3.63, 3.8) is 0 Å². The Morgan fingerprint density at radius 3 is 2.56 bits per heavy atom. The van der Waals surface area contributed by atoms with Gasteiger partial charge in [-0.3, -0.25) is 0 Å². The molecule has 2 aromatic rings. The van der Waals surface area contributed by atoms with Crippen LogP contribution in [0.15, 0.2) is 12.7 Å². The first-order valence-electron chi connectivity index (χ1n) is 5.46. The van der Waals surface area contributed by atoms with Crippen LogP contribution in [0.1, 0.15) is 20.8 Å². The van der Waals surface area contributed by atoms with E-state index in [1.165, 1.54) is 17.3 Å². The lowest BCUT2D eigenvalue weighted by Gasteiger charge is -2.19. The molecule has 0 unspecified atom stereocenters. The SMILES string of the molecule is CNc1nc(OC(C)(C)C)nc(-n2cncn2)n1. The van der Waals surface area contributed by atoms with Crippen molar-refractivity contribution in [1.29, 1.82) is 0 Å². The summed E-state index contributed by atoms with van der Waals surface area (Å²) in [5.74, 6) is 0.765. The van der Waals surface area contributed by atoms with E-state index in [0.29, 0.717) is 11.9 Å². The predicted molar refractivity (Wildman–Crippen MR) is 64.7 cm³/mol. The van der Waals surface area contributed by atoms with Crippen molar-refractivity contribution in [3.05, 3.63) is 12.7 Å². The lowest BCUT2D eigenvalue weighted by Crippen LogP contribution is -2.25. The molecule has 2 rings (SSSR count). The summed E-state index contributed by atoms with van der Waals surface area (Å²) in [6.07, 6.45) is 2.92. The zero-order valence-electron chi connectivity index (χ0n) is 10.7. The van der Waals surface area contributed by atoms with E-state index in [4.69, 9.17) is 4.74 Å². The Hall–Kier alpha value is -2.25. The van der Waals surface area contributed by atoms with Gasteiger partial charge in [-0.05, 0) is 20.8 Å². The van der Waals surface area contributed by atoms with Crippen molar-refractivity contribution < 1.29 is 4.74 Å². The van der Waals surface area contributed by atoms with Crippen LogP contribution in [0.3, 0.4) is 0 Å². The van der Waals surface area contributed by atoms with Gasteiger partial charge in [-0.25, -0.2) is 4.98 Å². The third-order valence-electron chi connectivity index (χ3n) is 1.85. The van der Waals surface area contributed by atoms with Crippen LogP contribution >= 0.6 is 0 Å². The van der Waals surface area contributed by atoms with E-state index < -0.39 is 0 Å². The van der Waals surface area contributed by atoms with Crippen LogP contribution in [0.4, 0.5) is 5.95 Å². The monoisotopic (exact) mass is 249 g/mol. The first kappa shape index (κ1) is 12.2. The predicted octanol–water partition coefficient (Wildman–Crippen LogP) is 0.671. The molecule has 96 valence electrons. The van der Waals surface area contributed by atoms with E-state index in [9.17, 15) is 0 Å². The fourth-order valence-electron chi connectivity index (χ4n) is 1.19. The summed E-state index contributed by atoms with van der Waals surface area (Å²) in [5.41, 5.74) is -0.383. The number of anilines is 1. The van der Waals surface area contributed by atoms with Gasteiger partial charge in [0.1, 0.15) is 18.3 Å². The molecule has 0 radical (unpaired) electrons. The molecule has 1 N–H and O–H groups in total. The second kappa shape index (κ2) is 4.55. The molecule has 8 heteroatoms. The molecular formula is C10H15N7O. The van der Waals surface area contributed by atoms with E-state index in [-0.39, 0.29) is 11.6 Å². The van der Waals surface area contributed by atoms with Crippen molar-refractivity contribution in [3.8, 4) is 12.0 Å². The number of nitrogens with one attached hydrogen (secondary N) is 1. The maximum Gasteiger partial charge on any atom is 0.323 e. The maximum absolute atomic E-state index is 5.62. The standard InChI is InChI=1S/C10H15N7O/c1-10(2,3)18-9-15-7(11-4)14-8(16-9)17-6-12-5-13-17/h5-6H,1-4H3,(H,11,14,15,16). The molecule has 0 aromatic carbocycles. The first-order valence-corrected chi connectivity index (χ1v) is 5.46. The van der Waals surface area contributed by atoms with Gasteiger partial charge >= 0.3 is 6.01 Å². The third-order valence-corrected chi connectivity index (χ3v) is 1.85. The molecule has 18 heavy (non-hydrogen) atoms. The summed E-state index contributed by atoms with van der Waals surface area (Å²) in [7, 11) is 1.72. The molecule has 0 aliphatic rings. The van der Waals surface area contributed by atoms with E-state index in [2.05, 4.69) is 30.4 Å². The van der Waals surface area contributed by atoms with Gasteiger partial charge in [0.15, 0.2) is 0 Å². The van der Waals surface area contributed by atoms with Gasteiger partial charge < -0.3 is 10.1 Å². The molecular weight excluding hydrogens is 234 g/mol. The minimum atomic E-state index is -0.383. The summed E-state index contributed by atoms with van der Waals surface area (Å²) in [6.45, 7) is 5.76. The number of rotatable bonds is 3. The van der Waals surface area contributed by atoms with Crippen LogP contribution in [-0.2, 0) is 0 Å². The number of hydrogen-bond acceptors (Lipinski definition) is 7. The van der Waals surface area contributed by atoms with Crippen molar-refractivity contribution in [2.45, 2.75) is 26.4 Å². The molecule has 0 bridgehead atoms. The van der Waals surface area contributed by atoms with Gasteiger partial charge in [-0.2, -0.15) is 24.7 Å². The molecule has 0 aliphatic heterocycles. The highest BCUT2D eigenvalue weighted by Gasteiger charge is 2.16. The van der Waals surface area contributed by atoms with Crippen LogP contribution in [0.2, 0.25) is 0 Å². The second-order valence-corrected chi connectivity index (χ2v) is 4.55. The maximum atomic E-state index is 5.62. The van der Waals surface area contributed by atoms with Gasteiger partial charge in [0.25, 0.3) is 5.95 Å². The topological polar surface area (TPSA) is 90.6 Å². The Balaban J connectivity index is 2.39. The van der Waals surface area contributed by atoms with Gasteiger partial charge in [0, 0.05) is 7.05 Å². The van der Waals surface area contributed by atoms with Crippen LogP contribution in [0, 0.1) is 0 Å². The van der Waals surface area contributed by atoms with Crippen LogP contribution < -0.4 is 10.1 Å². The minimum Gasteiger partial charge on any atom is -0.458 e. The normalized spacial score (nSPS) is 11.3. The Morgan fingerprint density at radius 2 is 2.00 bits per heavy atom. The number of ether oxygens (including phenoxy) is 1. The highest BCUT2D eigenvalue weighted by Crippen LogP contribution is 2.15. The average molecular weight is 249 g/mol. The smallest absolute Gasteiger partial charge is 0.323 e. The summed E-state index contributed by atoms with van der Waals surface area (Å²) < 4.78 is 7.06. The number of aromatic nitrogens is 6. The molecule has 0 saturated heterocycles. The van der Waals surface area contributed by atoms with Crippen molar-refractivity contribution in [1.82, 2.24) is 29.7 Å². The van der Waals surface area contributed by atoms with E-state index >= 15 is 0 Å². The van der Waals surface area contributed by atoms with Crippen molar-refractivity contribution in [2.24, 2.45) is 0 Å². The summed E-state index contributed by atoms with van der Waals surface area (Å²) in [6, 6.07) is 0.243. The quantitative estimate of drug-likeness (QED) is 0.854. The molecule has 0 amide bonds. The van der Waals surface area contributed by atoms with Gasteiger partial charge in [0.2, 0.25) is 5.95 Å². The van der Waals surface area contributed by atoms with Crippen molar-refractivity contribution in [2.75, 3.05) is 12.4 Å². The number of nitrogens with zero attached hydrogens (tertiary/aromatic N) is 6. The Labute approximate surface area is 104 Å². The van der Waals surface area contributed by atoms with Crippen LogP contribution in [0.5, 0.6) is 6.01 Å². The van der Waals surface area contributed by atoms with Crippen LogP contribution in [0.25, 0.3) is 5.95 Å². The molecule has 0 saturated carbocycles. The average Bonchev–Trinajstić information content (AvgIpc) is 2.79. The Bertz CT molecular complexity index is 518. The summed E-state index contributed by atoms with van der Waals surface area (Å²) in [4.78, 5) is 16.3. The summed E-state index contributed by atoms with van der Waals surface area (Å²) >= 11 is 0. The molecule has 0 aliphatic carbocycles. The highest BCUT2D eigenvalue weighted by molar-refractivity contribution is 5.28. The van der Waals surface area contributed by atoms with Gasteiger partial charge in [-0.1, -0.05) is 0 Å². The Morgan fingerprint density at radius 1 is 1.22 bits per heavy atom. The fraction of sp³-hybridized carbons (Fsp3) is 0.500. The Kier molecular flexibility index (Phi) is 3.09. The van der Waals surface area contributed by atoms with E-state index in [0.717, 1.165) is 0 Å². The largest absolute Gasteiger partial charge is 0.458 e. The molecule has 2 aromatic heterocycles. The molecule has 0 fully saturated rings. The van der Waals surface area contributed by atoms with E-state index in [1.807, 2.05) is 20.8 Å². The highest BCUT2D eigenvalue weighted by atomic mass is 16.5. The van der Waals surface area contributed by atoms with Crippen molar-refractivity contribution >= 4 is 5.95 Å². The molecule has 0 spiro atoms.